The van der Waals surface area contributed by atoms with E-state index in [-0.39, 0.29) is 5.75 Å². The minimum Gasteiger partial charge on any atom is -0.403 e. The third kappa shape index (κ3) is 5.15. The van der Waals surface area contributed by atoms with Crippen LogP contribution in [0.1, 0.15) is 0 Å². The summed E-state index contributed by atoms with van der Waals surface area (Å²) in [7, 11) is -4.70. The predicted octanol–water partition coefficient (Wildman–Crippen LogP) is 1.67. The Labute approximate surface area is 90.6 Å². The highest BCUT2D eigenvalue weighted by Gasteiger charge is 2.30. The molecule has 0 saturated heterocycles. The molecule has 6 nitrogen and oxygen atoms in total. The van der Waals surface area contributed by atoms with Crippen LogP contribution in [0.2, 0.25) is 0 Å². The van der Waals surface area contributed by atoms with Crippen LogP contribution in [0, 0.1) is 0 Å². The molecule has 0 amide bonds. The smallest absolute Gasteiger partial charge is 0.403 e. The molecule has 0 heterocycles. The quantitative estimate of drug-likeness (QED) is 0.662. The summed E-state index contributed by atoms with van der Waals surface area (Å²) in [5.74, 6) is -0.0105. The van der Waals surface area contributed by atoms with E-state index in [4.69, 9.17) is 4.89 Å². The molecule has 1 atom stereocenters. The molecule has 0 radical (unpaired) electrons. The fourth-order valence-corrected chi connectivity index (χ4v) is 2.79. The van der Waals surface area contributed by atoms with Crippen molar-refractivity contribution in [1.29, 1.82) is 0 Å². The average Bonchev–Trinajstić information content (AvgIpc) is 1.99. The van der Waals surface area contributed by atoms with Gasteiger partial charge in [0.05, 0.1) is 10.7 Å². The van der Waals surface area contributed by atoms with Crippen LogP contribution >= 0.6 is 18.5 Å². The van der Waals surface area contributed by atoms with E-state index >= 15 is 0 Å². The number of phosphoric acid groups is 1. The van der Waals surface area contributed by atoms with Gasteiger partial charge < -0.3 is 4.52 Å². The maximum absolute atomic E-state index is 11.0. The second kappa shape index (κ2) is 4.51. The molecular formula is C6H6ClO6PS. The number of halogens is 1. The van der Waals surface area contributed by atoms with Crippen molar-refractivity contribution in [3.8, 4) is 5.75 Å². The van der Waals surface area contributed by atoms with Crippen molar-refractivity contribution >= 4 is 27.8 Å². The number of para-hydroxylation sites is 1. The van der Waals surface area contributed by atoms with Gasteiger partial charge in [-0.3, -0.25) is 4.89 Å². The molecule has 1 N–H and O–H groups in total. The molecule has 0 aliphatic heterocycles. The van der Waals surface area contributed by atoms with Crippen LogP contribution in [-0.2, 0) is 17.9 Å². The first kappa shape index (κ1) is 12.5. The van der Waals surface area contributed by atoms with Crippen LogP contribution in [0.25, 0.3) is 0 Å². The van der Waals surface area contributed by atoms with E-state index in [1.54, 1.807) is 6.07 Å². The van der Waals surface area contributed by atoms with Crippen LogP contribution in [0.5, 0.6) is 5.75 Å². The highest BCUT2D eigenvalue weighted by atomic mass is 35.7. The van der Waals surface area contributed by atoms with Crippen molar-refractivity contribution in [2.24, 2.45) is 0 Å². The Morgan fingerprint density at radius 1 is 1.27 bits per heavy atom. The minimum absolute atomic E-state index is 0.0105. The Morgan fingerprint density at radius 2 is 1.80 bits per heavy atom. The van der Waals surface area contributed by atoms with E-state index in [1.165, 1.54) is 24.3 Å². The first-order valence-corrected chi connectivity index (χ1v) is 7.25. The molecule has 0 aromatic heterocycles. The molecule has 9 heteroatoms. The van der Waals surface area contributed by atoms with Crippen molar-refractivity contribution in [1.82, 2.24) is 0 Å². The van der Waals surface area contributed by atoms with Gasteiger partial charge in [0.25, 0.3) is 0 Å². The van der Waals surface area contributed by atoms with Gasteiger partial charge in [-0.15, -0.1) is 3.97 Å². The minimum atomic E-state index is -4.76. The van der Waals surface area contributed by atoms with Crippen molar-refractivity contribution in [2.75, 3.05) is 0 Å². The fourth-order valence-electron chi connectivity index (χ4n) is 0.742. The summed E-state index contributed by atoms with van der Waals surface area (Å²) in [6.07, 6.45) is 0. The van der Waals surface area contributed by atoms with E-state index in [2.05, 4.69) is 19.2 Å². The number of rotatable bonds is 4. The lowest BCUT2D eigenvalue weighted by atomic mass is 10.3. The summed E-state index contributed by atoms with van der Waals surface area (Å²) in [4.78, 5) is 8.95. The largest absolute Gasteiger partial charge is 0.543 e. The molecular weight excluding hydrogens is 267 g/mol. The number of hydrogen-bond donors (Lipinski definition) is 1. The lowest BCUT2D eigenvalue weighted by Gasteiger charge is -2.09. The van der Waals surface area contributed by atoms with Gasteiger partial charge in [-0.25, -0.2) is 4.57 Å². The lowest BCUT2D eigenvalue weighted by Crippen LogP contribution is -2.00. The predicted molar refractivity (Wildman–Crippen MR) is 52.8 cm³/mol. The summed E-state index contributed by atoms with van der Waals surface area (Å²) in [6.45, 7) is 0. The van der Waals surface area contributed by atoms with Crippen molar-refractivity contribution in [3.05, 3.63) is 30.3 Å². The molecule has 0 saturated carbocycles. The highest BCUT2D eigenvalue weighted by molar-refractivity contribution is 8.12. The van der Waals surface area contributed by atoms with Crippen LogP contribution in [0.3, 0.4) is 0 Å². The summed E-state index contributed by atoms with van der Waals surface area (Å²) in [5, 5.41) is 0. The van der Waals surface area contributed by atoms with Gasteiger partial charge in [-0.2, -0.15) is 8.42 Å². The van der Waals surface area contributed by atoms with E-state index in [0.29, 0.717) is 0 Å². The molecule has 15 heavy (non-hydrogen) atoms. The molecule has 0 spiro atoms. The number of hydrogen-bond acceptors (Lipinski definition) is 5. The molecule has 0 fully saturated rings. The Balaban J connectivity index is 2.78. The fraction of sp³-hybridized carbons (Fsp3) is 0. The normalized spacial score (nSPS) is 15.6. The van der Waals surface area contributed by atoms with Gasteiger partial charge in [-0.05, 0) is 12.1 Å². The Kier molecular flexibility index (Phi) is 3.75. The van der Waals surface area contributed by atoms with Crippen LogP contribution in [0.15, 0.2) is 30.3 Å². The molecule has 84 valence electrons. The maximum Gasteiger partial charge on any atom is 0.543 e. The monoisotopic (exact) mass is 272 g/mol. The van der Waals surface area contributed by atoms with E-state index in [9.17, 15) is 13.0 Å². The Morgan fingerprint density at radius 3 is 2.27 bits per heavy atom. The van der Waals surface area contributed by atoms with Gasteiger partial charge >= 0.3 is 17.2 Å². The van der Waals surface area contributed by atoms with E-state index < -0.39 is 17.2 Å². The summed E-state index contributed by atoms with van der Waals surface area (Å²) >= 11 is 0. The first-order chi connectivity index (χ1) is 6.79. The SMILES string of the molecule is O=P(O)(Oc1ccccc1)OS(=O)(=O)Cl. The van der Waals surface area contributed by atoms with Gasteiger partial charge in [0.15, 0.2) is 0 Å². The zero-order valence-electron chi connectivity index (χ0n) is 7.11. The van der Waals surface area contributed by atoms with Gasteiger partial charge in [0.2, 0.25) is 0 Å². The van der Waals surface area contributed by atoms with Crippen LogP contribution < -0.4 is 4.52 Å². The maximum atomic E-state index is 11.0. The van der Waals surface area contributed by atoms with E-state index in [0.717, 1.165) is 0 Å². The topological polar surface area (TPSA) is 89.9 Å². The zero-order chi connectivity index (χ0) is 11.5. The highest BCUT2D eigenvalue weighted by Crippen LogP contribution is 2.45. The van der Waals surface area contributed by atoms with Gasteiger partial charge in [0, 0.05) is 0 Å². The summed E-state index contributed by atoms with van der Waals surface area (Å²) < 4.78 is 39.8. The standard InChI is InChI=1S/C6H6ClO6PS/c7-15(10,11)13-14(8,9)12-6-4-2-1-3-5-6/h1-5H,(H,8,9). The molecule has 1 unspecified atom stereocenters. The Hall–Kier alpha value is -0.590. The molecule has 0 bridgehead atoms. The third-order valence-corrected chi connectivity index (χ3v) is 3.56. The third-order valence-electron chi connectivity index (χ3n) is 1.15. The second-order valence-electron chi connectivity index (χ2n) is 2.34. The summed E-state index contributed by atoms with van der Waals surface area (Å²) in [6, 6.07) is 7.42. The van der Waals surface area contributed by atoms with Crippen LogP contribution in [-0.4, -0.2) is 13.3 Å². The molecule has 1 rings (SSSR count). The second-order valence-corrected chi connectivity index (χ2v) is 5.98. The lowest BCUT2D eigenvalue weighted by molar-refractivity contribution is 0.296. The summed E-state index contributed by atoms with van der Waals surface area (Å²) in [5.41, 5.74) is 0. The number of benzene rings is 1. The van der Waals surface area contributed by atoms with Gasteiger partial charge in [-0.1, -0.05) is 18.2 Å². The Bertz CT molecular complexity index is 472. The van der Waals surface area contributed by atoms with Gasteiger partial charge in [0.1, 0.15) is 5.75 Å². The first-order valence-electron chi connectivity index (χ1n) is 3.52. The zero-order valence-corrected chi connectivity index (χ0v) is 9.58. The van der Waals surface area contributed by atoms with Crippen molar-refractivity contribution < 1.29 is 26.4 Å². The van der Waals surface area contributed by atoms with Crippen LogP contribution in [0.4, 0.5) is 0 Å². The molecule has 1 aromatic carbocycles. The molecule has 1 aromatic rings. The van der Waals surface area contributed by atoms with Crippen molar-refractivity contribution in [3.63, 3.8) is 0 Å². The van der Waals surface area contributed by atoms with E-state index in [1.807, 2.05) is 0 Å². The molecule has 0 aliphatic carbocycles. The molecule has 0 aliphatic rings. The average molecular weight is 273 g/mol. The van der Waals surface area contributed by atoms with Crippen molar-refractivity contribution in [2.45, 2.75) is 0 Å². The number of phosphoric ester groups is 1.